The summed E-state index contributed by atoms with van der Waals surface area (Å²) in [7, 11) is 1.61. The molecule has 0 aromatic carbocycles. The van der Waals surface area contributed by atoms with Crippen LogP contribution in [0.1, 0.15) is 33.6 Å². The molecule has 1 rings (SSSR count). The Kier molecular flexibility index (Phi) is 14.3. The topological polar surface area (TPSA) is 120 Å². The molecule has 0 aliphatic carbocycles. The number of rotatable bonds is 17. The first-order valence-corrected chi connectivity index (χ1v) is 12.7. The van der Waals surface area contributed by atoms with Crippen molar-refractivity contribution in [1.29, 1.82) is 0 Å². The number of nitrogens with one attached hydrogen (secondary N) is 1. The van der Waals surface area contributed by atoms with Gasteiger partial charge in [0.05, 0.1) is 43.1 Å². The average molecular weight is 504 g/mol. The van der Waals surface area contributed by atoms with E-state index in [0.29, 0.717) is 45.5 Å². The summed E-state index contributed by atoms with van der Waals surface area (Å²) in [4.78, 5) is 38.9. The largest absolute Gasteiger partial charge is 0.382 e. The van der Waals surface area contributed by atoms with Crippen LogP contribution >= 0.6 is 23.1 Å². The van der Waals surface area contributed by atoms with Crippen LogP contribution in [0, 0.1) is 5.41 Å². The second-order valence-electron chi connectivity index (χ2n) is 8.31. The minimum Gasteiger partial charge on any atom is -0.382 e. The Morgan fingerprint density at radius 1 is 1.12 bits per heavy atom. The molecule has 11 heteroatoms. The average Bonchev–Trinajstić information content (AvgIpc) is 3.26. The first-order chi connectivity index (χ1) is 15.7. The van der Waals surface area contributed by atoms with Gasteiger partial charge >= 0.3 is 0 Å². The zero-order valence-electron chi connectivity index (χ0n) is 20.0. The van der Waals surface area contributed by atoms with Crippen LogP contribution in [0.4, 0.5) is 0 Å². The van der Waals surface area contributed by atoms with Gasteiger partial charge in [0.15, 0.2) is 0 Å². The molecule has 33 heavy (non-hydrogen) atoms. The zero-order chi connectivity index (χ0) is 24.7. The van der Waals surface area contributed by atoms with Gasteiger partial charge in [-0.3, -0.25) is 14.4 Å². The molecule has 0 saturated heterocycles. The van der Waals surface area contributed by atoms with Gasteiger partial charge < -0.3 is 30.2 Å². The number of amides is 3. The SMILES string of the molecule is COCCOCCOCCNC(=O)[C@@H](N(CSc1cccs1)C(=O)CCC(N)=O)C(C)(C)C. The summed E-state index contributed by atoms with van der Waals surface area (Å²) in [6.45, 7) is 8.28. The number of methoxy groups -OCH3 is 1. The van der Waals surface area contributed by atoms with Gasteiger partial charge in [0.2, 0.25) is 17.7 Å². The van der Waals surface area contributed by atoms with Gasteiger partial charge in [0.25, 0.3) is 0 Å². The van der Waals surface area contributed by atoms with Crippen molar-refractivity contribution in [1.82, 2.24) is 10.2 Å². The third-order valence-corrected chi connectivity index (χ3v) is 6.61. The quantitative estimate of drug-likeness (QED) is 0.190. The summed E-state index contributed by atoms with van der Waals surface area (Å²) in [6, 6.07) is 3.18. The first kappa shape index (κ1) is 29.4. The van der Waals surface area contributed by atoms with Gasteiger partial charge in [0.1, 0.15) is 6.04 Å². The van der Waals surface area contributed by atoms with E-state index in [1.165, 1.54) is 11.8 Å². The van der Waals surface area contributed by atoms with Crippen molar-refractivity contribution < 1.29 is 28.6 Å². The third-order valence-electron chi connectivity index (χ3n) is 4.48. The van der Waals surface area contributed by atoms with Crippen molar-refractivity contribution in [3.8, 4) is 0 Å². The predicted molar refractivity (Wildman–Crippen MR) is 130 cm³/mol. The van der Waals surface area contributed by atoms with Gasteiger partial charge in [-0.05, 0) is 16.9 Å². The molecule has 0 saturated carbocycles. The summed E-state index contributed by atoms with van der Waals surface area (Å²) in [5, 5.41) is 4.83. The molecular weight excluding hydrogens is 466 g/mol. The van der Waals surface area contributed by atoms with E-state index < -0.39 is 17.4 Å². The van der Waals surface area contributed by atoms with Crippen molar-refractivity contribution in [2.45, 2.75) is 43.9 Å². The first-order valence-electron chi connectivity index (χ1n) is 10.8. The molecule has 9 nitrogen and oxygen atoms in total. The Bertz CT molecular complexity index is 709. The van der Waals surface area contributed by atoms with Gasteiger partial charge in [0, 0.05) is 26.5 Å². The number of nitrogens with two attached hydrogens (primary N) is 1. The molecule has 0 fully saturated rings. The van der Waals surface area contributed by atoms with Crippen LogP contribution in [0.2, 0.25) is 0 Å². The highest BCUT2D eigenvalue weighted by molar-refractivity contribution is 8.01. The number of carbonyl (C=O) groups is 3. The number of hydrogen-bond donors (Lipinski definition) is 2. The Hall–Kier alpha value is -1.66. The molecule has 0 aliphatic heterocycles. The van der Waals surface area contributed by atoms with Crippen LogP contribution in [-0.2, 0) is 28.6 Å². The number of primary amides is 1. The fourth-order valence-electron chi connectivity index (χ4n) is 2.95. The number of ether oxygens (including phenoxy) is 3. The zero-order valence-corrected chi connectivity index (χ0v) is 21.6. The molecule has 3 amide bonds. The fraction of sp³-hybridized carbons (Fsp3) is 0.682. The number of carbonyl (C=O) groups excluding carboxylic acids is 3. The minimum atomic E-state index is -0.720. The van der Waals surface area contributed by atoms with E-state index in [1.54, 1.807) is 23.3 Å². The summed E-state index contributed by atoms with van der Waals surface area (Å²) in [6.07, 6.45) is -0.0931. The highest BCUT2D eigenvalue weighted by Crippen LogP contribution is 2.30. The maximum Gasteiger partial charge on any atom is 0.243 e. The Balaban J connectivity index is 2.71. The molecule has 1 aromatic heterocycles. The normalized spacial score (nSPS) is 12.4. The van der Waals surface area contributed by atoms with Gasteiger partial charge in [-0.2, -0.15) is 0 Å². The lowest BCUT2D eigenvalue weighted by Crippen LogP contribution is -2.56. The molecule has 0 bridgehead atoms. The van der Waals surface area contributed by atoms with Crippen LogP contribution in [0.5, 0.6) is 0 Å². The fourth-order valence-corrected chi connectivity index (χ4v) is 4.73. The highest BCUT2D eigenvalue weighted by atomic mass is 32.2. The van der Waals surface area contributed by atoms with Gasteiger partial charge in [-0.15, -0.1) is 11.3 Å². The molecule has 1 heterocycles. The molecule has 188 valence electrons. The molecule has 0 spiro atoms. The van der Waals surface area contributed by atoms with Crippen LogP contribution in [0.25, 0.3) is 0 Å². The number of thiophene rings is 1. The third kappa shape index (κ3) is 12.4. The molecule has 0 unspecified atom stereocenters. The lowest BCUT2D eigenvalue weighted by Gasteiger charge is -2.39. The Morgan fingerprint density at radius 2 is 1.79 bits per heavy atom. The second kappa shape index (κ2) is 16.0. The van der Waals surface area contributed by atoms with E-state index in [0.717, 1.165) is 4.21 Å². The second-order valence-corrected chi connectivity index (χ2v) is 10.5. The summed E-state index contributed by atoms with van der Waals surface area (Å²) < 4.78 is 16.7. The summed E-state index contributed by atoms with van der Waals surface area (Å²) in [5.74, 6) is -0.795. The molecule has 0 radical (unpaired) electrons. The van der Waals surface area contributed by atoms with Crippen molar-refractivity contribution in [2.75, 3.05) is 52.6 Å². The van der Waals surface area contributed by atoms with E-state index in [-0.39, 0.29) is 24.7 Å². The van der Waals surface area contributed by atoms with E-state index in [4.69, 9.17) is 19.9 Å². The van der Waals surface area contributed by atoms with Crippen LogP contribution in [0.3, 0.4) is 0 Å². The Labute approximate surface area is 204 Å². The summed E-state index contributed by atoms with van der Waals surface area (Å²) >= 11 is 3.05. The highest BCUT2D eigenvalue weighted by Gasteiger charge is 2.38. The lowest BCUT2D eigenvalue weighted by molar-refractivity contribution is -0.144. The number of nitrogens with zero attached hydrogens (tertiary/aromatic N) is 1. The number of hydrogen-bond acceptors (Lipinski definition) is 8. The Morgan fingerprint density at radius 3 is 2.36 bits per heavy atom. The van der Waals surface area contributed by atoms with E-state index in [2.05, 4.69) is 5.32 Å². The monoisotopic (exact) mass is 503 g/mol. The van der Waals surface area contributed by atoms with Crippen LogP contribution in [-0.4, -0.2) is 81.2 Å². The lowest BCUT2D eigenvalue weighted by atomic mass is 9.85. The maximum atomic E-state index is 13.1. The van der Waals surface area contributed by atoms with Crippen molar-refractivity contribution in [3.05, 3.63) is 17.5 Å². The predicted octanol–water partition coefficient (Wildman–Crippen LogP) is 2.10. The molecule has 3 N–H and O–H groups in total. The molecule has 0 aliphatic rings. The summed E-state index contributed by atoms with van der Waals surface area (Å²) in [5.41, 5.74) is 4.70. The minimum absolute atomic E-state index is 0.0353. The number of thioether (sulfide) groups is 1. The maximum absolute atomic E-state index is 13.1. The van der Waals surface area contributed by atoms with Gasteiger partial charge in [-0.1, -0.05) is 38.6 Å². The van der Waals surface area contributed by atoms with Gasteiger partial charge in [-0.25, -0.2) is 0 Å². The molecule has 1 aromatic rings. The smallest absolute Gasteiger partial charge is 0.243 e. The van der Waals surface area contributed by atoms with E-state index >= 15 is 0 Å². The van der Waals surface area contributed by atoms with E-state index in [1.807, 2.05) is 38.3 Å². The standard InChI is InChI=1S/C22H37N3O6S2/c1-22(2,3)20(21(28)24-9-10-30-13-14-31-12-11-29-4)25(18(27)8-7-17(23)26)16-33-19-6-5-15-32-19/h5-6,15,20H,7-14,16H2,1-4H3,(H2,23,26)(H,24,28)/t20-/m1/s1. The van der Waals surface area contributed by atoms with Crippen LogP contribution in [0.15, 0.2) is 21.7 Å². The van der Waals surface area contributed by atoms with Crippen molar-refractivity contribution in [2.24, 2.45) is 11.1 Å². The molecule has 1 atom stereocenters. The molecular formula is C22H37N3O6S2. The van der Waals surface area contributed by atoms with E-state index in [9.17, 15) is 14.4 Å². The van der Waals surface area contributed by atoms with Crippen LogP contribution < -0.4 is 11.1 Å². The van der Waals surface area contributed by atoms with Crippen molar-refractivity contribution in [3.63, 3.8) is 0 Å². The van der Waals surface area contributed by atoms with Crippen molar-refractivity contribution >= 4 is 40.8 Å².